The standard InChI is InChI=1S/C18H21BrN4O2/c19-15-4-6-16(7-5-15)25-14-1-3-17(24)22-10-12-23(13-11-22)18-20-8-2-9-21-18/h2,4-9H,1,3,10-14H2. The number of hydrogen-bond acceptors (Lipinski definition) is 5. The largest absolute Gasteiger partial charge is 0.494 e. The number of halogens is 1. The van der Waals surface area contributed by atoms with Crippen LogP contribution in [0.1, 0.15) is 12.8 Å². The summed E-state index contributed by atoms with van der Waals surface area (Å²) in [6.07, 6.45) is 4.71. The molecule has 132 valence electrons. The maximum absolute atomic E-state index is 12.3. The lowest BCUT2D eigenvalue weighted by molar-refractivity contribution is -0.131. The first-order valence-corrected chi connectivity index (χ1v) is 9.20. The van der Waals surface area contributed by atoms with Gasteiger partial charge >= 0.3 is 0 Å². The van der Waals surface area contributed by atoms with Gasteiger partial charge in [0, 0.05) is 49.5 Å². The molecule has 0 unspecified atom stereocenters. The molecule has 0 radical (unpaired) electrons. The van der Waals surface area contributed by atoms with Crippen LogP contribution in [0.15, 0.2) is 47.2 Å². The molecule has 0 bridgehead atoms. The minimum atomic E-state index is 0.188. The Hall–Kier alpha value is -2.15. The van der Waals surface area contributed by atoms with E-state index < -0.39 is 0 Å². The number of piperazine rings is 1. The van der Waals surface area contributed by atoms with Crippen molar-refractivity contribution in [2.24, 2.45) is 0 Å². The summed E-state index contributed by atoms with van der Waals surface area (Å²) in [6.45, 7) is 3.51. The van der Waals surface area contributed by atoms with E-state index in [1.165, 1.54) is 0 Å². The van der Waals surface area contributed by atoms with Crippen molar-refractivity contribution in [1.29, 1.82) is 0 Å². The van der Waals surface area contributed by atoms with Gasteiger partial charge < -0.3 is 14.5 Å². The van der Waals surface area contributed by atoms with Gasteiger partial charge in [-0.1, -0.05) is 15.9 Å². The lowest BCUT2D eigenvalue weighted by Gasteiger charge is -2.34. The van der Waals surface area contributed by atoms with Crippen LogP contribution in [0.25, 0.3) is 0 Å². The van der Waals surface area contributed by atoms with Crippen LogP contribution < -0.4 is 9.64 Å². The first kappa shape index (κ1) is 17.7. The number of nitrogens with zero attached hydrogens (tertiary/aromatic N) is 4. The summed E-state index contributed by atoms with van der Waals surface area (Å²) in [6, 6.07) is 9.51. The van der Waals surface area contributed by atoms with E-state index in [0.717, 1.165) is 35.7 Å². The summed E-state index contributed by atoms with van der Waals surface area (Å²) in [4.78, 5) is 24.9. The zero-order chi connectivity index (χ0) is 17.5. The molecule has 3 rings (SSSR count). The van der Waals surface area contributed by atoms with Crippen LogP contribution in [0, 0.1) is 0 Å². The molecule has 0 saturated carbocycles. The number of amides is 1. The van der Waals surface area contributed by atoms with Crippen LogP contribution in [0.5, 0.6) is 5.75 Å². The molecule has 0 aliphatic carbocycles. The molecule has 1 fully saturated rings. The van der Waals surface area contributed by atoms with E-state index >= 15 is 0 Å². The molecule has 6 nitrogen and oxygen atoms in total. The van der Waals surface area contributed by atoms with Crippen LogP contribution in [0.4, 0.5) is 5.95 Å². The third kappa shape index (κ3) is 5.16. The van der Waals surface area contributed by atoms with E-state index in [1.807, 2.05) is 29.2 Å². The predicted octanol–water partition coefficient (Wildman–Crippen LogP) is 2.75. The minimum Gasteiger partial charge on any atom is -0.494 e. The number of anilines is 1. The van der Waals surface area contributed by atoms with E-state index in [0.29, 0.717) is 26.1 Å². The fraction of sp³-hybridized carbons (Fsp3) is 0.389. The Labute approximate surface area is 156 Å². The quantitative estimate of drug-likeness (QED) is 0.692. The molecule has 1 aromatic carbocycles. The van der Waals surface area contributed by atoms with Crippen LogP contribution in [-0.2, 0) is 4.79 Å². The van der Waals surface area contributed by atoms with Gasteiger partial charge in [-0.2, -0.15) is 0 Å². The van der Waals surface area contributed by atoms with Gasteiger partial charge in [0.25, 0.3) is 0 Å². The van der Waals surface area contributed by atoms with Crippen molar-refractivity contribution < 1.29 is 9.53 Å². The Balaban J connectivity index is 1.36. The Morgan fingerprint density at radius 3 is 2.44 bits per heavy atom. The summed E-state index contributed by atoms with van der Waals surface area (Å²) >= 11 is 3.39. The monoisotopic (exact) mass is 404 g/mol. The van der Waals surface area contributed by atoms with Crippen LogP contribution in [0.2, 0.25) is 0 Å². The van der Waals surface area contributed by atoms with E-state index in [4.69, 9.17) is 4.74 Å². The number of carbonyl (C=O) groups is 1. The Kier molecular flexibility index (Phi) is 6.22. The number of benzene rings is 1. The highest BCUT2D eigenvalue weighted by molar-refractivity contribution is 9.10. The highest BCUT2D eigenvalue weighted by Gasteiger charge is 2.21. The summed E-state index contributed by atoms with van der Waals surface area (Å²) in [7, 11) is 0. The predicted molar refractivity (Wildman–Crippen MR) is 99.7 cm³/mol. The molecule has 1 amide bonds. The van der Waals surface area contributed by atoms with Gasteiger partial charge in [-0.15, -0.1) is 0 Å². The summed E-state index contributed by atoms with van der Waals surface area (Å²) in [5.41, 5.74) is 0. The molecule has 1 aromatic heterocycles. The van der Waals surface area contributed by atoms with Crippen molar-refractivity contribution in [3.05, 3.63) is 47.2 Å². The molecule has 1 saturated heterocycles. The smallest absolute Gasteiger partial charge is 0.225 e. The van der Waals surface area contributed by atoms with Gasteiger partial charge in [-0.05, 0) is 36.8 Å². The SMILES string of the molecule is O=C(CCCOc1ccc(Br)cc1)N1CCN(c2ncccn2)CC1. The molecule has 1 aliphatic heterocycles. The van der Waals surface area contributed by atoms with Crippen LogP contribution in [-0.4, -0.2) is 53.6 Å². The molecule has 1 aliphatic rings. The average Bonchev–Trinajstić information content (AvgIpc) is 2.67. The number of aromatic nitrogens is 2. The molecular weight excluding hydrogens is 384 g/mol. The number of carbonyl (C=O) groups excluding carboxylic acids is 1. The van der Waals surface area contributed by atoms with Crippen molar-refractivity contribution >= 4 is 27.8 Å². The zero-order valence-corrected chi connectivity index (χ0v) is 15.6. The average molecular weight is 405 g/mol. The summed E-state index contributed by atoms with van der Waals surface area (Å²) < 4.78 is 6.68. The van der Waals surface area contributed by atoms with Crippen LogP contribution >= 0.6 is 15.9 Å². The fourth-order valence-corrected chi connectivity index (χ4v) is 2.98. The summed E-state index contributed by atoms with van der Waals surface area (Å²) in [5, 5.41) is 0. The Morgan fingerprint density at radius 2 is 1.76 bits per heavy atom. The fourth-order valence-electron chi connectivity index (χ4n) is 2.71. The van der Waals surface area contributed by atoms with Crippen molar-refractivity contribution in [3.63, 3.8) is 0 Å². The molecule has 2 heterocycles. The van der Waals surface area contributed by atoms with E-state index in [-0.39, 0.29) is 5.91 Å². The third-order valence-corrected chi connectivity index (χ3v) is 4.61. The second-order valence-electron chi connectivity index (χ2n) is 5.82. The van der Waals surface area contributed by atoms with Gasteiger partial charge in [0.2, 0.25) is 11.9 Å². The second-order valence-corrected chi connectivity index (χ2v) is 6.74. The van der Waals surface area contributed by atoms with E-state index in [2.05, 4.69) is 30.8 Å². The normalized spacial score (nSPS) is 14.4. The van der Waals surface area contributed by atoms with Gasteiger partial charge in [0.05, 0.1) is 6.61 Å². The summed E-state index contributed by atoms with van der Waals surface area (Å²) in [5.74, 6) is 1.75. The molecule has 2 aromatic rings. The highest BCUT2D eigenvalue weighted by Crippen LogP contribution is 2.16. The molecule has 7 heteroatoms. The topological polar surface area (TPSA) is 58.6 Å². The maximum atomic E-state index is 12.3. The van der Waals surface area contributed by atoms with Gasteiger partial charge in [0.15, 0.2) is 0 Å². The number of ether oxygens (including phenoxy) is 1. The van der Waals surface area contributed by atoms with Crippen LogP contribution in [0.3, 0.4) is 0 Å². The van der Waals surface area contributed by atoms with Crippen molar-refractivity contribution in [2.45, 2.75) is 12.8 Å². The third-order valence-electron chi connectivity index (χ3n) is 4.08. The minimum absolute atomic E-state index is 0.188. The first-order valence-electron chi connectivity index (χ1n) is 8.40. The Bertz CT molecular complexity index is 673. The zero-order valence-electron chi connectivity index (χ0n) is 14.0. The Morgan fingerprint density at radius 1 is 1.08 bits per heavy atom. The lowest BCUT2D eigenvalue weighted by atomic mass is 10.2. The van der Waals surface area contributed by atoms with Gasteiger partial charge in [0.1, 0.15) is 5.75 Å². The van der Waals surface area contributed by atoms with Gasteiger partial charge in [-0.25, -0.2) is 9.97 Å². The van der Waals surface area contributed by atoms with Crippen molar-refractivity contribution in [2.75, 3.05) is 37.7 Å². The number of rotatable bonds is 6. The highest BCUT2D eigenvalue weighted by atomic mass is 79.9. The van der Waals surface area contributed by atoms with Crippen molar-refractivity contribution in [1.82, 2.24) is 14.9 Å². The van der Waals surface area contributed by atoms with E-state index in [9.17, 15) is 4.79 Å². The second kappa shape index (κ2) is 8.80. The first-order chi connectivity index (χ1) is 12.2. The van der Waals surface area contributed by atoms with Gasteiger partial charge in [-0.3, -0.25) is 4.79 Å². The maximum Gasteiger partial charge on any atom is 0.225 e. The molecule has 0 atom stereocenters. The van der Waals surface area contributed by atoms with Crippen molar-refractivity contribution in [3.8, 4) is 5.75 Å². The molecular formula is C18H21BrN4O2. The number of hydrogen-bond donors (Lipinski definition) is 0. The molecule has 0 spiro atoms. The lowest BCUT2D eigenvalue weighted by Crippen LogP contribution is -2.49. The molecule has 25 heavy (non-hydrogen) atoms. The van der Waals surface area contributed by atoms with E-state index in [1.54, 1.807) is 18.5 Å². The molecule has 0 N–H and O–H groups in total.